The van der Waals surface area contributed by atoms with Crippen LogP contribution in [-0.4, -0.2) is 116 Å². The van der Waals surface area contributed by atoms with E-state index in [4.69, 9.17) is 21.4 Å². The maximum absolute atomic E-state index is 14.8. The molecule has 2 aromatic carbocycles. The smallest absolute Gasteiger partial charge is 0.264 e. The summed E-state index contributed by atoms with van der Waals surface area (Å²) in [7, 11) is -1.88. The molecule has 1 saturated carbocycles. The molecule has 21 heteroatoms. The monoisotopic (exact) mass is 1040 g/mol. The van der Waals surface area contributed by atoms with Crippen molar-refractivity contribution in [2.45, 2.75) is 116 Å². The lowest BCUT2D eigenvalue weighted by Crippen LogP contribution is -2.74. The fourth-order valence-electron chi connectivity index (χ4n) is 12.4. The van der Waals surface area contributed by atoms with Crippen LogP contribution in [0.25, 0.3) is 11.1 Å². The zero-order valence-electron chi connectivity index (χ0n) is 42.0. The molecule has 1 N–H and O–H groups in total. The average Bonchev–Trinajstić information content (AvgIpc) is 3.99. The molecular formula is C52H61ClF2N12O5S. The summed E-state index contributed by atoms with van der Waals surface area (Å²) < 4.78 is 69.7. The lowest BCUT2D eigenvalue weighted by molar-refractivity contribution is -0.164. The van der Waals surface area contributed by atoms with Crippen molar-refractivity contribution in [2.24, 2.45) is 17.9 Å². The quantitative estimate of drug-likeness (QED) is 0.136. The standard InChI is InChI=1S/C52H61ClF2N12O5S/c1-31(68)64-19-15-43-41(30-64)46(66-16-7-8-32-22-39(35-28-59-62(6)29-35)40(45(54)55)24-44(32)66)61-67(43)36-11-20-65(21-12-36)73(70,71)38-13-17-63(18-14-38)50-57-26-34(27-58-50)47(69)60-48-51(2,3)49(52(48,4)5)72-37-10-9-33(25-56)42(53)23-37/h9-10,22-24,26-29,36,38,45,48-49H,7-8,11-21,30H2,1-6H3,(H,60,69). The predicted molar refractivity (Wildman–Crippen MR) is 271 cm³/mol. The molecule has 1 aliphatic carbocycles. The Bertz CT molecular complexity index is 3090. The molecule has 10 rings (SSSR count). The minimum absolute atomic E-state index is 0.0482. The van der Waals surface area contributed by atoms with E-state index in [9.17, 15) is 32.0 Å². The summed E-state index contributed by atoms with van der Waals surface area (Å²) >= 11 is 6.26. The number of benzene rings is 2. The summed E-state index contributed by atoms with van der Waals surface area (Å²) in [5.74, 6) is 1.28. The van der Waals surface area contributed by atoms with Crippen LogP contribution in [0.4, 0.5) is 26.2 Å². The van der Waals surface area contributed by atoms with E-state index in [-0.39, 0.29) is 35.6 Å². The molecule has 2 saturated heterocycles. The SMILES string of the molecule is CC(=O)N1CCc2c(c(N3CCCc4cc(-c5cnn(C)c5)c(C(F)F)cc43)nn2C2CCN(S(=O)(=O)C3CCN(c4ncc(C(=O)NC5C(C)(C)C(Oc6ccc(C#N)c(Cl)c6)C5(C)C)cn4)CC3)CC2)C1. The third kappa shape index (κ3) is 9.19. The molecule has 5 aromatic rings. The van der Waals surface area contributed by atoms with Crippen molar-refractivity contribution >= 4 is 50.9 Å². The van der Waals surface area contributed by atoms with Gasteiger partial charge in [-0.3, -0.25) is 19.0 Å². The highest BCUT2D eigenvalue weighted by molar-refractivity contribution is 7.89. The fourth-order valence-corrected chi connectivity index (χ4v) is 14.6. The Morgan fingerprint density at radius 3 is 2.29 bits per heavy atom. The van der Waals surface area contributed by atoms with Crippen LogP contribution >= 0.6 is 11.6 Å². The first-order valence-corrected chi connectivity index (χ1v) is 26.9. The molecule has 2 amide bonds. The molecule has 0 bridgehead atoms. The van der Waals surface area contributed by atoms with Crippen LogP contribution in [0.1, 0.15) is 117 Å². The number of alkyl halides is 2. The number of nitrogens with one attached hydrogen (secondary N) is 1. The van der Waals surface area contributed by atoms with Crippen molar-refractivity contribution in [3.8, 4) is 22.9 Å². The molecule has 3 aromatic heterocycles. The molecule has 0 unspecified atom stereocenters. The molecule has 17 nitrogen and oxygen atoms in total. The Kier molecular flexibility index (Phi) is 13.3. The topological polar surface area (TPSA) is 188 Å². The van der Waals surface area contributed by atoms with E-state index in [1.807, 2.05) is 48.2 Å². The number of hydrogen-bond donors (Lipinski definition) is 1. The second-order valence-corrected chi connectivity index (χ2v) is 24.0. The van der Waals surface area contributed by atoms with Crippen LogP contribution in [0.5, 0.6) is 5.75 Å². The summed E-state index contributed by atoms with van der Waals surface area (Å²) in [4.78, 5) is 41.2. The summed E-state index contributed by atoms with van der Waals surface area (Å²) in [6.07, 6.45) is 7.36. The first-order valence-electron chi connectivity index (χ1n) is 25.1. The van der Waals surface area contributed by atoms with Gasteiger partial charge in [-0.05, 0) is 73.9 Å². The van der Waals surface area contributed by atoms with Crippen LogP contribution in [0, 0.1) is 22.2 Å². The number of carbonyl (C=O) groups is 2. The number of rotatable bonds is 11. The van der Waals surface area contributed by atoms with Crippen LogP contribution in [0.15, 0.2) is 55.1 Å². The zero-order chi connectivity index (χ0) is 51.7. The number of nitriles is 1. The third-order valence-corrected chi connectivity index (χ3v) is 18.7. The second kappa shape index (κ2) is 19.3. The van der Waals surface area contributed by atoms with Crippen LogP contribution in [0.2, 0.25) is 5.02 Å². The van der Waals surface area contributed by atoms with Gasteiger partial charge >= 0.3 is 0 Å². The van der Waals surface area contributed by atoms with Gasteiger partial charge < -0.3 is 24.8 Å². The summed E-state index contributed by atoms with van der Waals surface area (Å²) in [6.45, 7) is 12.7. The molecule has 3 fully saturated rings. The zero-order valence-corrected chi connectivity index (χ0v) is 43.6. The van der Waals surface area contributed by atoms with Gasteiger partial charge in [0, 0.05) is 129 Å². The van der Waals surface area contributed by atoms with Crippen molar-refractivity contribution in [1.29, 1.82) is 5.26 Å². The van der Waals surface area contributed by atoms with Gasteiger partial charge in [0.05, 0.1) is 40.2 Å². The molecule has 0 radical (unpaired) electrons. The van der Waals surface area contributed by atoms with Crippen LogP contribution < -0.4 is 19.9 Å². The van der Waals surface area contributed by atoms with Crippen molar-refractivity contribution < 1.29 is 31.5 Å². The van der Waals surface area contributed by atoms with Gasteiger partial charge in [-0.1, -0.05) is 39.3 Å². The minimum atomic E-state index is -3.64. The maximum atomic E-state index is 14.8. The molecule has 5 aliphatic rings. The van der Waals surface area contributed by atoms with Crippen LogP contribution in [-0.2, 0) is 41.3 Å². The lowest BCUT2D eigenvalue weighted by Gasteiger charge is -2.63. The van der Waals surface area contributed by atoms with Gasteiger partial charge in [0.2, 0.25) is 21.9 Å². The van der Waals surface area contributed by atoms with Crippen molar-refractivity contribution in [3.05, 3.63) is 93.7 Å². The molecule has 73 heavy (non-hydrogen) atoms. The van der Waals surface area contributed by atoms with Gasteiger partial charge in [0.25, 0.3) is 12.3 Å². The number of fused-ring (bicyclic) bond motifs is 2. The van der Waals surface area contributed by atoms with E-state index in [2.05, 4.69) is 26.5 Å². The minimum Gasteiger partial charge on any atom is -0.489 e. The van der Waals surface area contributed by atoms with E-state index in [1.165, 1.54) is 12.4 Å². The number of piperidine rings is 2. The summed E-state index contributed by atoms with van der Waals surface area (Å²) in [5.41, 5.74) is 4.33. The molecule has 0 atom stereocenters. The molecule has 0 spiro atoms. The normalized spacial score (nSPS) is 21.3. The number of amides is 2. The van der Waals surface area contributed by atoms with Gasteiger partial charge in [0.15, 0.2) is 5.82 Å². The van der Waals surface area contributed by atoms with Crippen molar-refractivity contribution in [2.75, 3.05) is 49.1 Å². The average molecular weight is 1040 g/mol. The highest BCUT2D eigenvalue weighted by Gasteiger charge is 2.64. The molecule has 386 valence electrons. The summed E-state index contributed by atoms with van der Waals surface area (Å²) in [5, 5.41) is 21.7. The predicted octanol–water partition coefficient (Wildman–Crippen LogP) is 7.77. The highest BCUT2D eigenvalue weighted by atomic mass is 35.5. The number of aromatic nitrogens is 6. The number of anilines is 3. The van der Waals surface area contributed by atoms with E-state index >= 15 is 0 Å². The first kappa shape index (κ1) is 50.4. The number of aryl methyl sites for hydroxylation is 2. The van der Waals surface area contributed by atoms with Gasteiger partial charge in [-0.15, -0.1) is 0 Å². The first-order chi connectivity index (χ1) is 34.8. The number of carbonyl (C=O) groups excluding carboxylic acids is 2. The van der Waals surface area contributed by atoms with E-state index < -0.39 is 32.5 Å². The fraction of sp³-hybridized carbons (Fsp3) is 0.519. The largest absolute Gasteiger partial charge is 0.489 e. The Labute approximate surface area is 429 Å². The molecule has 7 heterocycles. The number of hydrogen-bond acceptors (Lipinski definition) is 12. The lowest BCUT2D eigenvalue weighted by atomic mass is 9.49. The number of halogens is 3. The van der Waals surface area contributed by atoms with Crippen LogP contribution in [0.3, 0.4) is 0 Å². The van der Waals surface area contributed by atoms with Gasteiger partial charge in [-0.2, -0.15) is 15.5 Å². The van der Waals surface area contributed by atoms with E-state index in [1.54, 1.807) is 64.5 Å². The Balaban J connectivity index is 0.772. The third-order valence-electron chi connectivity index (χ3n) is 16.0. The Morgan fingerprint density at radius 1 is 0.945 bits per heavy atom. The Morgan fingerprint density at radius 2 is 1.66 bits per heavy atom. The van der Waals surface area contributed by atoms with E-state index in [0.717, 1.165) is 29.7 Å². The maximum Gasteiger partial charge on any atom is 0.264 e. The molecule has 4 aliphatic heterocycles. The highest BCUT2D eigenvalue weighted by Crippen LogP contribution is 2.56. The second-order valence-electron chi connectivity index (χ2n) is 21.3. The van der Waals surface area contributed by atoms with Gasteiger partial charge in [0.1, 0.15) is 17.9 Å². The number of ether oxygens (including phenoxy) is 1. The summed E-state index contributed by atoms with van der Waals surface area (Å²) in [6, 6.07) is 10.2. The number of nitrogens with zero attached hydrogens (tertiary/aromatic N) is 11. The van der Waals surface area contributed by atoms with Gasteiger partial charge in [-0.25, -0.2) is 31.5 Å². The van der Waals surface area contributed by atoms with Crippen molar-refractivity contribution in [1.82, 2.24) is 44.1 Å². The number of sulfonamides is 1. The van der Waals surface area contributed by atoms with Crippen molar-refractivity contribution in [3.63, 3.8) is 0 Å². The Hall–Kier alpha value is -6.17. The molecular weight excluding hydrogens is 978 g/mol. The van der Waals surface area contributed by atoms with E-state index in [0.29, 0.717) is 128 Å².